The van der Waals surface area contributed by atoms with Gasteiger partial charge in [0, 0.05) is 44.3 Å². The van der Waals surface area contributed by atoms with Crippen LogP contribution in [0.2, 0.25) is 0 Å². The number of hydrogen-bond acceptors (Lipinski definition) is 6. The molecule has 0 spiro atoms. The molecule has 25 heavy (non-hydrogen) atoms. The van der Waals surface area contributed by atoms with E-state index in [0.717, 1.165) is 32.4 Å². The Morgan fingerprint density at radius 1 is 1.36 bits per heavy atom. The van der Waals surface area contributed by atoms with Crippen molar-refractivity contribution in [2.24, 2.45) is 0 Å². The Morgan fingerprint density at radius 3 is 2.76 bits per heavy atom. The maximum absolute atomic E-state index is 12.3. The zero-order valence-electron chi connectivity index (χ0n) is 14.1. The van der Waals surface area contributed by atoms with E-state index in [1.165, 1.54) is 6.07 Å². The van der Waals surface area contributed by atoms with Crippen molar-refractivity contribution in [2.75, 3.05) is 37.7 Å². The smallest absolute Gasteiger partial charge is 0.293 e. The lowest BCUT2D eigenvalue weighted by Gasteiger charge is -2.28. The zero-order valence-corrected chi connectivity index (χ0v) is 14.1. The Balaban J connectivity index is 1.74. The van der Waals surface area contributed by atoms with E-state index < -0.39 is 16.4 Å². The summed E-state index contributed by atoms with van der Waals surface area (Å²) in [6.45, 7) is 2.29. The number of ether oxygens (including phenoxy) is 1. The quantitative estimate of drug-likeness (QED) is 0.616. The molecular weight excluding hydrogens is 326 g/mol. The van der Waals surface area contributed by atoms with Gasteiger partial charge in [0.25, 0.3) is 11.6 Å². The summed E-state index contributed by atoms with van der Waals surface area (Å²) in [4.78, 5) is 25.3. The number of carbonyl (C=O) groups is 1. The molecule has 0 aromatic heterocycles. The fraction of sp³-hybridized carbons (Fsp3) is 0.588. The average molecular weight is 349 g/mol. The molecule has 2 fully saturated rings. The maximum atomic E-state index is 12.3. The van der Waals surface area contributed by atoms with Gasteiger partial charge in [0.1, 0.15) is 11.3 Å². The third-order valence-electron chi connectivity index (χ3n) is 4.79. The average Bonchev–Trinajstić information content (AvgIpc) is 3.07. The first-order valence-corrected chi connectivity index (χ1v) is 8.60. The highest BCUT2D eigenvalue weighted by molar-refractivity contribution is 5.95. The predicted octanol–water partition coefficient (Wildman–Crippen LogP) is 1.47. The van der Waals surface area contributed by atoms with Gasteiger partial charge in [0.15, 0.2) is 0 Å². The highest BCUT2D eigenvalue weighted by Gasteiger charge is 2.33. The second-order valence-electron chi connectivity index (χ2n) is 6.72. The molecule has 2 saturated heterocycles. The first-order chi connectivity index (χ1) is 12.0. The van der Waals surface area contributed by atoms with E-state index >= 15 is 0 Å². The van der Waals surface area contributed by atoms with Crippen molar-refractivity contribution in [3.8, 4) is 0 Å². The van der Waals surface area contributed by atoms with Crippen molar-refractivity contribution in [3.05, 3.63) is 33.9 Å². The van der Waals surface area contributed by atoms with E-state index in [1.807, 2.05) is 4.90 Å². The minimum absolute atomic E-state index is 0.0579. The normalized spacial score (nSPS) is 23.5. The number of amides is 1. The molecular formula is C17H23N3O5. The number of nitrogens with zero attached hydrogens (tertiary/aromatic N) is 2. The summed E-state index contributed by atoms with van der Waals surface area (Å²) in [7, 11) is 0. The Hall–Kier alpha value is -2.19. The van der Waals surface area contributed by atoms with Crippen LogP contribution >= 0.6 is 0 Å². The summed E-state index contributed by atoms with van der Waals surface area (Å²) in [5.74, 6) is -0.436. The molecule has 8 heteroatoms. The van der Waals surface area contributed by atoms with Gasteiger partial charge in [-0.15, -0.1) is 0 Å². The van der Waals surface area contributed by atoms with Crippen molar-refractivity contribution in [3.63, 3.8) is 0 Å². The molecule has 3 rings (SSSR count). The lowest BCUT2D eigenvalue weighted by Crippen LogP contribution is -2.43. The second kappa shape index (κ2) is 7.37. The molecule has 0 saturated carbocycles. The highest BCUT2D eigenvalue weighted by Crippen LogP contribution is 2.31. The Labute approximate surface area is 145 Å². The molecule has 2 N–H and O–H groups in total. The van der Waals surface area contributed by atoms with Crippen LogP contribution in [0.1, 0.15) is 36.0 Å². The van der Waals surface area contributed by atoms with Crippen molar-refractivity contribution >= 4 is 17.3 Å². The number of piperidine rings is 1. The summed E-state index contributed by atoms with van der Waals surface area (Å²) in [5.41, 5.74) is -0.341. The summed E-state index contributed by atoms with van der Waals surface area (Å²) in [6, 6.07) is 4.56. The first kappa shape index (κ1) is 17.6. The zero-order chi connectivity index (χ0) is 17.9. The minimum atomic E-state index is -1.06. The van der Waals surface area contributed by atoms with Gasteiger partial charge < -0.3 is 20.1 Å². The number of rotatable bonds is 5. The molecule has 0 aliphatic carbocycles. The molecule has 2 heterocycles. The van der Waals surface area contributed by atoms with Crippen LogP contribution in [0.25, 0.3) is 0 Å². The van der Waals surface area contributed by atoms with Crippen molar-refractivity contribution < 1.29 is 19.6 Å². The second-order valence-corrected chi connectivity index (χ2v) is 6.72. The number of nitrogens with one attached hydrogen (secondary N) is 1. The molecule has 2 aliphatic rings. The summed E-state index contributed by atoms with van der Waals surface area (Å²) < 4.78 is 5.14. The lowest BCUT2D eigenvalue weighted by molar-refractivity contribution is -0.384. The van der Waals surface area contributed by atoms with Crippen LogP contribution in [0, 0.1) is 10.1 Å². The standard InChI is InChI=1S/C17H23N3O5/c21-16(18-11-17(22)6-9-25-12-17)13-4-5-14(15(10-13)20(23)24)19-7-2-1-3-8-19/h4-5,10,22H,1-3,6-9,11-12H2,(H,18,21)/t17-/m1/s1. The van der Waals surface area contributed by atoms with E-state index in [1.54, 1.807) is 12.1 Å². The molecule has 0 bridgehead atoms. The van der Waals surface area contributed by atoms with Gasteiger partial charge in [-0.2, -0.15) is 0 Å². The van der Waals surface area contributed by atoms with Crippen LogP contribution in [0.15, 0.2) is 18.2 Å². The van der Waals surface area contributed by atoms with E-state index in [9.17, 15) is 20.0 Å². The molecule has 1 atom stereocenters. The molecule has 136 valence electrons. The molecule has 8 nitrogen and oxygen atoms in total. The summed E-state index contributed by atoms with van der Waals surface area (Å²) in [5, 5.41) is 24.3. The molecule has 2 aliphatic heterocycles. The number of hydrogen-bond donors (Lipinski definition) is 2. The number of carbonyl (C=O) groups excluding carboxylic acids is 1. The van der Waals surface area contributed by atoms with E-state index in [2.05, 4.69) is 5.32 Å². The fourth-order valence-electron chi connectivity index (χ4n) is 3.30. The molecule has 0 unspecified atom stereocenters. The van der Waals surface area contributed by atoms with Gasteiger partial charge in [-0.05, 0) is 31.4 Å². The van der Waals surface area contributed by atoms with Gasteiger partial charge in [-0.25, -0.2) is 0 Å². The molecule has 1 aromatic carbocycles. The predicted molar refractivity (Wildman–Crippen MR) is 91.9 cm³/mol. The fourth-order valence-corrected chi connectivity index (χ4v) is 3.30. The Morgan fingerprint density at radius 2 is 2.12 bits per heavy atom. The van der Waals surface area contributed by atoms with Crippen molar-refractivity contribution in [2.45, 2.75) is 31.3 Å². The summed E-state index contributed by atoms with van der Waals surface area (Å²) >= 11 is 0. The maximum Gasteiger partial charge on any atom is 0.293 e. The largest absolute Gasteiger partial charge is 0.386 e. The van der Waals surface area contributed by atoms with Crippen LogP contribution < -0.4 is 10.2 Å². The number of nitro benzene ring substituents is 1. The number of aliphatic hydroxyl groups is 1. The molecule has 1 amide bonds. The van der Waals surface area contributed by atoms with Crippen LogP contribution in [0.4, 0.5) is 11.4 Å². The highest BCUT2D eigenvalue weighted by atomic mass is 16.6. The van der Waals surface area contributed by atoms with E-state index in [0.29, 0.717) is 18.7 Å². The number of nitro groups is 1. The first-order valence-electron chi connectivity index (χ1n) is 8.60. The topological polar surface area (TPSA) is 105 Å². The van der Waals surface area contributed by atoms with E-state index in [4.69, 9.17) is 4.74 Å². The van der Waals surface area contributed by atoms with Crippen LogP contribution in [-0.2, 0) is 4.74 Å². The van der Waals surface area contributed by atoms with Crippen LogP contribution in [-0.4, -0.2) is 54.4 Å². The van der Waals surface area contributed by atoms with Crippen molar-refractivity contribution in [1.29, 1.82) is 0 Å². The number of anilines is 1. The van der Waals surface area contributed by atoms with Crippen LogP contribution in [0.5, 0.6) is 0 Å². The molecule has 1 aromatic rings. The van der Waals surface area contributed by atoms with Gasteiger partial charge >= 0.3 is 0 Å². The third-order valence-corrected chi connectivity index (χ3v) is 4.79. The SMILES string of the molecule is O=C(NC[C@]1(O)CCOC1)c1ccc(N2CCCCC2)c([N+](=O)[O-])c1. The Kier molecular flexibility index (Phi) is 5.19. The Bertz CT molecular complexity index is 652. The van der Waals surface area contributed by atoms with Crippen molar-refractivity contribution in [1.82, 2.24) is 5.32 Å². The van der Waals surface area contributed by atoms with Gasteiger partial charge in [-0.3, -0.25) is 14.9 Å². The van der Waals surface area contributed by atoms with Gasteiger partial charge in [-0.1, -0.05) is 0 Å². The monoisotopic (exact) mass is 349 g/mol. The van der Waals surface area contributed by atoms with Gasteiger partial charge in [0.2, 0.25) is 0 Å². The lowest BCUT2D eigenvalue weighted by atomic mass is 10.0. The minimum Gasteiger partial charge on any atom is -0.386 e. The van der Waals surface area contributed by atoms with Gasteiger partial charge in [0.05, 0.1) is 11.5 Å². The van der Waals surface area contributed by atoms with Crippen LogP contribution in [0.3, 0.4) is 0 Å². The third kappa shape index (κ3) is 4.08. The summed E-state index contributed by atoms with van der Waals surface area (Å²) in [6.07, 6.45) is 3.62. The number of benzene rings is 1. The van der Waals surface area contributed by atoms with E-state index in [-0.39, 0.29) is 24.4 Å². The molecule has 0 radical (unpaired) electrons.